The Hall–Kier alpha value is -0.830. The van der Waals surface area contributed by atoms with Crippen LogP contribution in [0.15, 0.2) is 12.3 Å². The highest BCUT2D eigenvalue weighted by molar-refractivity contribution is 6.17. The zero-order valence-electron chi connectivity index (χ0n) is 9.30. The molecule has 1 aromatic heterocycles. The van der Waals surface area contributed by atoms with Gasteiger partial charge in [0.15, 0.2) is 0 Å². The molecule has 0 aliphatic heterocycles. The fourth-order valence-electron chi connectivity index (χ4n) is 1.55. The summed E-state index contributed by atoms with van der Waals surface area (Å²) in [6.45, 7) is 5.13. The van der Waals surface area contributed by atoms with Crippen LogP contribution in [0, 0.1) is 11.7 Å². The first-order valence-corrected chi connectivity index (χ1v) is 5.49. The van der Waals surface area contributed by atoms with Gasteiger partial charge in [0.1, 0.15) is 11.6 Å². The van der Waals surface area contributed by atoms with Crippen LogP contribution < -0.4 is 4.90 Å². The quantitative estimate of drug-likeness (QED) is 0.740. The van der Waals surface area contributed by atoms with Gasteiger partial charge in [0.05, 0.1) is 12.1 Å². The van der Waals surface area contributed by atoms with Crippen LogP contribution in [0.5, 0.6) is 0 Å². The number of alkyl halides is 1. The number of nitrogens with zero attached hydrogens (tertiary/aromatic N) is 2. The second-order valence-electron chi connectivity index (χ2n) is 4.04. The van der Waals surface area contributed by atoms with E-state index >= 15 is 0 Å². The van der Waals surface area contributed by atoms with E-state index in [-0.39, 0.29) is 11.7 Å². The highest BCUT2D eigenvalue weighted by Gasteiger charge is 2.10. The highest BCUT2D eigenvalue weighted by atomic mass is 35.5. The summed E-state index contributed by atoms with van der Waals surface area (Å²) in [7, 11) is 1.94. The molecule has 0 amide bonds. The van der Waals surface area contributed by atoms with Crippen molar-refractivity contribution in [2.24, 2.45) is 5.92 Å². The monoisotopic (exact) mass is 230 g/mol. The standard InChI is InChI=1S/C11H16ClFN2/c1-8(2)7-15(3)11-9(5-12)4-10(13)6-14-11/h4,6,8H,5,7H2,1-3H3. The molecule has 0 bridgehead atoms. The van der Waals surface area contributed by atoms with E-state index in [2.05, 4.69) is 18.8 Å². The van der Waals surface area contributed by atoms with Crippen LogP contribution in [-0.2, 0) is 5.88 Å². The Labute approximate surface area is 95.1 Å². The predicted octanol–water partition coefficient (Wildman–Crippen LogP) is 3.05. The molecule has 0 atom stereocenters. The summed E-state index contributed by atoms with van der Waals surface area (Å²) in [6, 6.07) is 1.44. The molecule has 1 rings (SSSR count). The molecule has 0 aromatic carbocycles. The largest absolute Gasteiger partial charge is 0.359 e. The van der Waals surface area contributed by atoms with Crippen molar-refractivity contribution < 1.29 is 4.39 Å². The van der Waals surface area contributed by atoms with Gasteiger partial charge in [-0.3, -0.25) is 0 Å². The molecule has 0 aliphatic carbocycles. The van der Waals surface area contributed by atoms with Crippen molar-refractivity contribution in [1.29, 1.82) is 0 Å². The lowest BCUT2D eigenvalue weighted by atomic mass is 10.2. The molecule has 0 radical (unpaired) electrons. The maximum Gasteiger partial charge on any atom is 0.141 e. The molecule has 0 saturated carbocycles. The lowest BCUT2D eigenvalue weighted by Crippen LogP contribution is -2.24. The number of aromatic nitrogens is 1. The molecule has 2 nitrogen and oxygen atoms in total. The van der Waals surface area contributed by atoms with E-state index in [4.69, 9.17) is 11.6 Å². The molecule has 0 saturated heterocycles. The van der Waals surface area contributed by atoms with Gasteiger partial charge in [-0.1, -0.05) is 13.8 Å². The number of halogens is 2. The van der Waals surface area contributed by atoms with Crippen molar-refractivity contribution in [2.75, 3.05) is 18.5 Å². The van der Waals surface area contributed by atoms with Crippen LogP contribution >= 0.6 is 11.6 Å². The van der Waals surface area contributed by atoms with Gasteiger partial charge in [0.25, 0.3) is 0 Å². The summed E-state index contributed by atoms with van der Waals surface area (Å²) in [6.07, 6.45) is 1.22. The molecule has 0 aliphatic rings. The average molecular weight is 231 g/mol. The molecular weight excluding hydrogens is 215 g/mol. The summed E-state index contributed by atoms with van der Waals surface area (Å²) in [5, 5.41) is 0. The first-order chi connectivity index (χ1) is 7.04. The number of pyridine rings is 1. The van der Waals surface area contributed by atoms with E-state index in [1.165, 1.54) is 12.3 Å². The molecule has 0 spiro atoms. The molecule has 0 unspecified atom stereocenters. The molecule has 0 fully saturated rings. The fraction of sp³-hybridized carbons (Fsp3) is 0.545. The second-order valence-corrected chi connectivity index (χ2v) is 4.31. The Balaban J connectivity index is 2.92. The molecule has 84 valence electrons. The second kappa shape index (κ2) is 5.31. The summed E-state index contributed by atoms with van der Waals surface area (Å²) in [4.78, 5) is 6.07. The van der Waals surface area contributed by atoms with Gasteiger partial charge in [0.2, 0.25) is 0 Å². The number of anilines is 1. The maximum absolute atomic E-state index is 12.9. The van der Waals surface area contributed by atoms with Gasteiger partial charge in [-0.15, -0.1) is 11.6 Å². The van der Waals surface area contributed by atoms with Crippen LogP contribution in [0.25, 0.3) is 0 Å². The fourth-order valence-corrected chi connectivity index (χ4v) is 1.75. The molecule has 4 heteroatoms. The van der Waals surface area contributed by atoms with E-state index in [0.717, 1.165) is 17.9 Å². The Bertz CT molecular complexity index is 328. The summed E-state index contributed by atoms with van der Waals surface area (Å²) < 4.78 is 12.9. The van der Waals surface area contributed by atoms with E-state index in [9.17, 15) is 4.39 Å². The minimum atomic E-state index is -0.340. The van der Waals surface area contributed by atoms with E-state index < -0.39 is 0 Å². The van der Waals surface area contributed by atoms with Gasteiger partial charge < -0.3 is 4.90 Å². The molecule has 1 heterocycles. The predicted molar refractivity (Wildman–Crippen MR) is 61.9 cm³/mol. The third kappa shape index (κ3) is 3.34. The summed E-state index contributed by atoms with van der Waals surface area (Å²) >= 11 is 5.75. The molecular formula is C11H16ClFN2. The molecule has 0 N–H and O–H groups in total. The van der Waals surface area contributed by atoms with E-state index in [1.807, 2.05) is 11.9 Å². The van der Waals surface area contributed by atoms with Crippen molar-refractivity contribution in [3.05, 3.63) is 23.6 Å². The summed E-state index contributed by atoms with van der Waals surface area (Å²) in [5.41, 5.74) is 0.736. The van der Waals surface area contributed by atoms with Gasteiger partial charge in [-0.25, -0.2) is 9.37 Å². The third-order valence-corrected chi connectivity index (χ3v) is 2.34. The van der Waals surface area contributed by atoms with Gasteiger partial charge in [0, 0.05) is 19.2 Å². The topological polar surface area (TPSA) is 16.1 Å². The molecule has 1 aromatic rings. The SMILES string of the molecule is CC(C)CN(C)c1ncc(F)cc1CCl. The Morgan fingerprint density at radius 1 is 1.53 bits per heavy atom. The zero-order chi connectivity index (χ0) is 11.4. The summed E-state index contributed by atoms with van der Waals surface area (Å²) in [5.74, 6) is 1.24. The van der Waals surface area contributed by atoms with Crippen LogP contribution in [0.4, 0.5) is 10.2 Å². The maximum atomic E-state index is 12.9. The van der Waals surface area contributed by atoms with E-state index in [1.54, 1.807) is 0 Å². The highest BCUT2D eigenvalue weighted by Crippen LogP contribution is 2.20. The van der Waals surface area contributed by atoms with Crippen LogP contribution in [-0.4, -0.2) is 18.6 Å². The Kier molecular flexibility index (Phi) is 4.33. The lowest BCUT2D eigenvalue weighted by Gasteiger charge is -2.22. The van der Waals surface area contributed by atoms with Gasteiger partial charge in [-0.2, -0.15) is 0 Å². The zero-order valence-corrected chi connectivity index (χ0v) is 10.1. The molecule has 15 heavy (non-hydrogen) atoms. The van der Waals surface area contributed by atoms with Crippen molar-refractivity contribution in [3.8, 4) is 0 Å². The van der Waals surface area contributed by atoms with Gasteiger partial charge >= 0.3 is 0 Å². The minimum absolute atomic E-state index is 0.280. The number of hydrogen-bond donors (Lipinski definition) is 0. The number of rotatable bonds is 4. The Morgan fingerprint density at radius 2 is 2.20 bits per heavy atom. The third-order valence-electron chi connectivity index (χ3n) is 2.05. The smallest absolute Gasteiger partial charge is 0.141 e. The Morgan fingerprint density at radius 3 is 2.73 bits per heavy atom. The lowest BCUT2D eigenvalue weighted by molar-refractivity contribution is 0.612. The average Bonchev–Trinajstić information content (AvgIpc) is 2.16. The first kappa shape index (κ1) is 12.2. The normalized spacial score (nSPS) is 10.8. The van der Waals surface area contributed by atoms with Crippen molar-refractivity contribution >= 4 is 17.4 Å². The van der Waals surface area contributed by atoms with Crippen LogP contribution in [0.1, 0.15) is 19.4 Å². The van der Waals surface area contributed by atoms with E-state index in [0.29, 0.717) is 5.92 Å². The first-order valence-electron chi connectivity index (χ1n) is 4.96. The van der Waals surface area contributed by atoms with Crippen molar-refractivity contribution in [3.63, 3.8) is 0 Å². The number of hydrogen-bond acceptors (Lipinski definition) is 2. The van der Waals surface area contributed by atoms with Crippen LogP contribution in [0.2, 0.25) is 0 Å². The van der Waals surface area contributed by atoms with Crippen molar-refractivity contribution in [2.45, 2.75) is 19.7 Å². The van der Waals surface area contributed by atoms with Crippen LogP contribution in [0.3, 0.4) is 0 Å². The van der Waals surface area contributed by atoms with Crippen molar-refractivity contribution in [1.82, 2.24) is 4.98 Å². The minimum Gasteiger partial charge on any atom is -0.359 e. The van der Waals surface area contributed by atoms with Gasteiger partial charge in [-0.05, 0) is 12.0 Å².